The van der Waals surface area contributed by atoms with Crippen LogP contribution in [-0.2, 0) is 26.1 Å². The Balaban J connectivity index is 0.00000121. The minimum atomic E-state index is -0.578. The Morgan fingerprint density at radius 2 is 2.08 bits per heavy atom. The van der Waals surface area contributed by atoms with Crippen molar-refractivity contribution < 1.29 is 41.6 Å². The van der Waals surface area contributed by atoms with Crippen molar-refractivity contribution in [3.05, 3.63) is 28.3 Å². The molecular formula is C6H6HgNO4. The third-order valence-corrected chi connectivity index (χ3v) is 2.95. The number of phenolic OH excluding ortho intramolecular Hbond substituents is 1. The van der Waals surface area contributed by atoms with Crippen LogP contribution in [0.1, 0.15) is 0 Å². The molecule has 0 saturated heterocycles. The van der Waals surface area contributed by atoms with Gasteiger partial charge in [-0.25, -0.2) is 0 Å². The average Bonchev–Trinajstić information content (AvgIpc) is 1.94. The molecule has 0 bridgehead atoms. The molecule has 0 aliphatic carbocycles. The Hall–Kier alpha value is -0.685. The van der Waals surface area contributed by atoms with Crippen LogP contribution in [0.3, 0.4) is 0 Å². The van der Waals surface area contributed by atoms with Crippen molar-refractivity contribution in [3.8, 4) is 5.75 Å². The first-order valence-electron chi connectivity index (χ1n) is 2.90. The van der Waals surface area contributed by atoms with Crippen molar-refractivity contribution in [3.63, 3.8) is 0 Å². The van der Waals surface area contributed by atoms with Crippen LogP contribution in [0.2, 0.25) is 0 Å². The molecule has 0 aliphatic heterocycles. The molecular weight excluding hydrogens is 351 g/mol. The summed E-state index contributed by atoms with van der Waals surface area (Å²) < 4.78 is 0.953. The van der Waals surface area contributed by atoms with E-state index in [-0.39, 0.29) is 16.9 Å². The number of phenols is 1. The van der Waals surface area contributed by atoms with Crippen LogP contribution in [0.5, 0.6) is 5.75 Å². The third kappa shape index (κ3) is 2.42. The number of aromatic hydroxyl groups is 1. The molecule has 0 atom stereocenters. The molecule has 12 heavy (non-hydrogen) atoms. The Bertz CT molecular complexity index is 302. The molecule has 0 unspecified atom stereocenters. The standard InChI is InChI=1S/C6H4NO3.Hg.H2O/c8-6-4-2-1-3-5(6)7(9)10;;/h2-4,8H;;1H2. The normalized spacial score (nSPS) is 8.83. The number of rotatable bonds is 1. The van der Waals surface area contributed by atoms with Gasteiger partial charge in [0, 0.05) is 0 Å². The average molecular weight is 357 g/mol. The molecule has 1 rings (SSSR count). The summed E-state index contributed by atoms with van der Waals surface area (Å²) >= 11 is 0.359. The van der Waals surface area contributed by atoms with Crippen molar-refractivity contribution in [2.24, 2.45) is 0 Å². The molecule has 0 aliphatic rings. The topological polar surface area (TPSA) is 94.9 Å². The number of nitrogens with zero attached hydrogens (tertiary/aromatic N) is 1. The van der Waals surface area contributed by atoms with Crippen molar-refractivity contribution in [1.29, 1.82) is 0 Å². The fraction of sp³-hybridized carbons (Fsp3) is 0. The number of hydrogen-bond donors (Lipinski definition) is 1. The van der Waals surface area contributed by atoms with E-state index < -0.39 is 4.92 Å². The summed E-state index contributed by atoms with van der Waals surface area (Å²) in [4.78, 5) is 9.66. The van der Waals surface area contributed by atoms with E-state index >= 15 is 0 Å². The number of benzene rings is 1. The van der Waals surface area contributed by atoms with Gasteiger partial charge in [-0.3, -0.25) is 0 Å². The second-order valence-electron chi connectivity index (χ2n) is 2.08. The molecule has 0 fully saturated rings. The Morgan fingerprint density at radius 3 is 2.50 bits per heavy atom. The SMILES string of the molecule is O.O=[N+]([O-])c1c[c]([Hg])ccc1O. The van der Waals surface area contributed by atoms with Gasteiger partial charge in [0.2, 0.25) is 0 Å². The number of nitro groups is 1. The van der Waals surface area contributed by atoms with E-state index in [1.807, 2.05) is 0 Å². The van der Waals surface area contributed by atoms with Crippen molar-refractivity contribution >= 4 is 8.76 Å². The second kappa shape index (κ2) is 4.37. The molecule has 0 radical (unpaired) electrons. The van der Waals surface area contributed by atoms with Gasteiger partial charge in [0.05, 0.1) is 0 Å². The van der Waals surface area contributed by atoms with Crippen LogP contribution >= 0.6 is 0 Å². The Labute approximate surface area is 84.4 Å². The Kier molecular flexibility index (Phi) is 4.12. The van der Waals surface area contributed by atoms with E-state index in [0.29, 0.717) is 26.1 Å². The molecule has 0 heterocycles. The molecule has 3 N–H and O–H groups in total. The van der Waals surface area contributed by atoms with Gasteiger partial charge in [0.15, 0.2) is 0 Å². The zero-order valence-corrected chi connectivity index (χ0v) is 11.6. The van der Waals surface area contributed by atoms with Gasteiger partial charge in [0.25, 0.3) is 0 Å². The van der Waals surface area contributed by atoms with E-state index in [2.05, 4.69) is 0 Å². The summed E-state index contributed by atoms with van der Waals surface area (Å²) in [5.74, 6) is -0.260. The van der Waals surface area contributed by atoms with E-state index in [1.165, 1.54) is 12.1 Å². The van der Waals surface area contributed by atoms with Crippen LogP contribution in [0.25, 0.3) is 0 Å². The van der Waals surface area contributed by atoms with Gasteiger partial charge in [-0.15, -0.1) is 0 Å². The van der Waals surface area contributed by atoms with E-state index in [1.54, 1.807) is 6.07 Å². The van der Waals surface area contributed by atoms with Crippen LogP contribution in [-0.4, -0.2) is 15.5 Å². The zero-order valence-electron chi connectivity index (χ0n) is 6.15. The monoisotopic (exact) mass is 358 g/mol. The molecule has 0 saturated carbocycles. The molecule has 0 amide bonds. The van der Waals surface area contributed by atoms with Gasteiger partial charge < -0.3 is 5.48 Å². The molecule has 0 spiro atoms. The maximum atomic E-state index is 10.2. The van der Waals surface area contributed by atoms with Crippen molar-refractivity contribution in [1.82, 2.24) is 0 Å². The summed E-state index contributed by atoms with van der Waals surface area (Å²) in [6.45, 7) is 0. The second-order valence-corrected chi connectivity index (χ2v) is 5.25. The third-order valence-electron chi connectivity index (χ3n) is 1.24. The van der Waals surface area contributed by atoms with Crippen LogP contribution in [0, 0.1) is 10.1 Å². The molecule has 1 aromatic carbocycles. The Morgan fingerprint density at radius 1 is 1.50 bits per heavy atom. The summed E-state index contributed by atoms with van der Waals surface area (Å²) in [5, 5.41) is 19.2. The fourth-order valence-electron chi connectivity index (χ4n) is 0.715. The molecule has 1 aromatic rings. The van der Waals surface area contributed by atoms with E-state index in [9.17, 15) is 10.1 Å². The summed E-state index contributed by atoms with van der Waals surface area (Å²) in [7, 11) is 0. The first-order chi connectivity index (χ1) is 5.11. The van der Waals surface area contributed by atoms with Gasteiger partial charge in [-0.1, -0.05) is 0 Å². The quantitative estimate of drug-likeness (QED) is 0.423. The molecule has 6 heteroatoms. The minimum absolute atomic E-state index is 0. The van der Waals surface area contributed by atoms with Gasteiger partial charge >= 0.3 is 79.0 Å². The number of hydrogen-bond acceptors (Lipinski definition) is 3. The summed E-state index contributed by atoms with van der Waals surface area (Å²) in [5.41, 5.74) is -0.197. The van der Waals surface area contributed by atoms with Crippen LogP contribution in [0.15, 0.2) is 18.2 Å². The predicted molar refractivity (Wildman–Crippen MR) is 38.0 cm³/mol. The summed E-state index contributed by atoms with van der Waals surface area (Å²) in [6.07, 6.45) is 0. The summed E-state index contributed by atoms with van der Waals surface area (Å²) in [6, 6.07) is 4.48. The van der Waals surface area contributed by atoms with Gasteiger partial charge in [-0.2, -0.15) is 0 Å². The first kappa shape index (κ1) is 11.3. The van der Waals surface area contributed by atoms with Crippen molar-refractivity contribution in [2.45, 2.75) is 0 Å². The number of nitro benzene ring substituents is 1. The van der Waals surface area contributed by atoms with E-state index in [0.717, 1.165) is 3.07 Å². The van der Waals surface area contributed by atoms with Crippen LogP contribution < -0.4 is 3.07 Å². The predicted octanol–water partition coefficient (Wildman–Crippen LogP) is -0.352. The molecule has 5 nitrogen and oxygen atoms in total. The molecule has 61 valence electrons. The van der Waals surface area contributed by atoms with Gasteiger partial charge in [-0.05, 0) is 0 Å². The fourth-order valence-corrected chi connectivity index (χ4v) is 1.93. The van der Waals surface area contributed by atoms with Crippen molar-refractivity contribution in [2.75, 3.05) is 0 Å². The van der Waals surface area contributed by atoms with E-state index in [4.69, 9.17) is 5.11 Å². The van der Waals surface area contributed by atoms with Crippen LogP contribution in [0.4, 0.5) is 5.69 Å². The maximum absolute atomic E-state index is 10.2. The zero-order chi connectivity index (χ0) is 8.43. The molecule has 0 aromatic heterocycles. The first-order valence-corrected chi connectivity index (χ1v) is 5.65. The van der Waals surface area contributed by atoms with Gasteiger partial charge in [0.1, 0.15) is 0 Å².